The lowest BCUT2D eigenvalue weighted by Gasteiger charge is -2.41. The van der Waals surface area contributed by atoms with Crippen LogP contribution in [0.15, 0.2) is 12.2 Å². The van der Waals surface area contributed by atoms with Gasteiger partial charge in [-0.3, -0.25) is 9.35 Å². The fraction of sp³-hybridized carbons (Fsp3) is 0.917. The van der Waals surface area contributed by atoms with Crippen molar-refractivity contribution in [2.45, 2.75) is 198 Å². The first-order valence-corrected chi connectivity index (χ1v) is 20.5. The summed E-state index contributed by atoms with van der Waals surface area (Å²) in [5.41, 5.74) is 0. The number of rotatable bonds is 31. The molecule has 296 valence electrons. The lowest BCUT2D eigenvalue weighted by molar-refractivity contribution is -0.298. The predicted molar refractivity (Wildman–Crippen MR) is 192 cm³/mol. The third kappa shape index (κ3) is 21.4. The predicted octanol–water partition coefficient (Wildman–Crippen LogP) is 4.62. The molecule has 1 amide bonds. The molecule has 0 radical (unpaired) electrons. The fourth-order valence-electron chi connectivity index (χ4n) is 6.05. The van der Waals surface area contributed by atoms with E-state index in [1.54, 1.807) is 0 Å². The molecule has 7 N–H and O–H groups in total. The van der Waals surface area contributed by atoms with Crippen molar-refractivity contribution in [3.05, 3.63) is 12.2 Å². The maximum atomic E-state index is 13.0. The van der Waals surface area contributed by atoms with E-state index in [-0.39, 0.29) is 6.42 Å². The molecule has 0 aliphatic carbocycles. The molecular formula is C36H69NO12S. The SMILES string of the molecule is CCCCCCCCCCCC/C=C/C(O)C(COC1OC(CO)C(O)C(OS(=O)(=O)O)C1O)NC(=O)C(O)CCCCCCCCCCC. The van der Waals surface area contributed by atoms with Gasteiger partial charge in [0.1, 0.15) is 30.5 Å². The van der Waals surface area contributed by atoms with Crippen molar-refractivity contribution in [3.8, 4) is 0 Å². The average Bonchev–Trinajstić information content (AvgIpc) is 3.08. The molecule has 13 nitrogen and oxygen atoms in total. The summed E-state index contributed by atoms with van der Waals surface area (Å²) in [4.78, 5) is 13.0. The molecule has 1 aliphatic rings. The van der Waals surface area contributed by atoms with E-state index in [1.165, 1.54) is 83.1 Å². The van der Waals surface area contributed by atoms with E-state index in [0.29, 0.717) is 12.8 Å². The average molecular weight is 740 g/mol. The molecule has 1 fully saturated rings. The van der Waals surface area contributed by atoms with Crippen LogP contribution in [-0.4, -0.2) is 107 Å². The summed E-state index contributed by atoms with van der Waals surface area (Å²) in [7, 11) is -5.11. The van der Waals surface area contributed by atoms with Crippen LogP contribution in [0.25, 0.3) is 0 Å². The zero-order valence-corrected chi connectivity index (χ0v) is 31.4. The topological polar surface area (TPSA) is 212 Å². The van der Waals surface area contributed by atoms with Gasteiger partial charge in [-0.1, -0.05) is 142 Å². The molecule has 0 aromatic heterocycles. The van der Waals surface area contributed by atoms with Gasteiger partial charge in [0.05, 0.1) is 25.4 Å². The zero-order chi connectivity index (χ0) is 37.2. The van der Waals surface area contributed by atoms with Crippen molar-refractivity contribution in [3.63, 3.8) is 0 Å². The van der Waals surface area contributed by atoms with Crippen molar-refractivity contribution in [2.24, 2.45) is 0 Å². The first-order valence-electron chi connectivity index (χ1n) is 19.2. The third-order valence-electron chi connectivity index (χ3n) is 9.18. The summed E-state index contributed by atoms with van der Waals surface area (Å²) in [5, 5.41) is 54.7. The van der Waals surface area contributed by atoms with Crippen LogP contribution in [0.5, 0.6) is 0 Å². The standard InChI is InChI=1S/C36H69NO12S/c1-3-5-7-9-11-13-14-15-17-18-20-22-24-29(39)28(37-35(43)30(40)25-23-21-19-16-12-10-8-6-4-2)27-47-36-33(42)34(49-50(44,45)46)32(41)31(26-38)48-36/h22,24,28-34,36,38-42H,3-21,23,25-27H2,1-2H3,(H,37,43)(H,44,45,46)/b24-22+. The molecule has 1 rings (SSSR count). The molecule has 1 saturated heterocycles. The van der Waals surface area contributed by atoms with E-state index in [1.807, 2.05) is 6.08 Å². The number of carbonyl (C=O) groups excluding carboxylic acids is 1. The Bertz CT molecular complexity index is 984. The van der Waals surface area contributed by atoms with E-state index < -0.39 is 78.5 Å². The Labute approximate surface area is 301 Å². The second-order valence-electron chi connectivity index (χ2n) is 13.7. The fourth-order valence-corrected chi connectivity index (χ4v) is 6.56. The maximum Gasteiger partial charge on any atom is 0.397 e. The molecule has 0 bridgehead atoms. The number of amides is 1. The molecule has 0 aromatic carbocycles. The monoisotopic (exact) mass is 739 g/mol. The Morgan fingerprint density at radius 2 is 1.30 bits per heavy atom. The smallest absolute Gasteiger partial charge is 0.394 e. The van der Waals surface area contributed by atoms with Crippen molar-refractivity contribution in [1.29, 1.82) is 0 Å². The minimum Gasteiger partial charge on any atom is -0.394 e. The maximum absolute atomic E-state index is 13.0. The number of allylic oxidation sites excluding steroid dienone is 1. The molecule has 8 unspecified atom stereocenters. The number of hydrogen-bond donors (Lipinski definition) is 7. The van der Waals surface area contributed by atoms with E-state index >= 15 is 0 Å². The van der Waals surface area contributed by atoms with Crippen LogP contribution in [0.3, 0.4) is 0 Å². The van der Waals surface area contributed by atoms with Crippen molar-refractivity contribution in [1.82, 2.24) is 5.32 Å². The highest BCUT2D eigenvalue weighted by Gasteiger charge is 2.48. The summed E-state index contributed by atoms with van der Waals surface area (Å²) in [6.07, 6.45) is 14.7. The number of aliphatic hydroxyl groups is 5. The summed E-state index contributed by atoms with van der Waals surface area (Å²) in [6, 6.07) is -1.11. The van der Waals surface area contributed by atoms with E-state index in [4.69, 9.17) is 14.0 Å². The summed E-state index contributed by atoms with van der Waals surface area (Å²) in [5.74, 6) is -0.707. The second kappa shape index (κ2) is 28.3. The summed E-state index contributed by atoms with van der Waals surface area (Å²) in [6.45, 7) is 3.13. The van der Waals surface area contributed by atoms with Crippen LogP contribution < -0.4 is 5.32 Å². The first kappa shape index (κ1) is 46.8. The van der Waals surface area contributed by atoms with Gasteiger partial charge < -0.3 is 40.3 Å². The molecule has 8 atom stereocenters. The quantitative estimate of drug-likeness (QED) is 0.0295. The number of ether oxygens (including phenoxy) is 2. The number of nitrogens with one attached hydrogen (secondary N) is 1. The molecular weight excluding hydrogens is 670 g/mol. The molecule has 0 spiro atoms. The Morgan fingerprint density at radius 3 is 1.80 bits per heavy atom. The van der Waals surface area contributed by atoms with Crippen LogP contribution in [-0.2, 0) is 28.9 Å². The number of carbonyl (C=O) groups is 1. The number of unbranched alkanes of at least 4 members (excludes halogenated alkanes) is 18. The van der Waals surface area contributed by atoms with Crippen molar-refractivity contribution < 1.29 is 57.0 Å². The molecule has 1 heterocycles. The third-order valence-corrected chi connectivity index (χ3v) is 9.64. The van der Waals surface area contributed by atoms with Gasteiger partial charge in [-0.05, 0) is 19.3 Å². The largest absolute Gasteiger partial charge is 0.397 e. The minimum atomic E-state index is -5.11. The van der Waals surface area contributed by atoms with Crippen LogP contribution in [0.4, 0.5) is 0 Å². The Hall–Kier alpha value is -1.20. The molecule has 14 heteroatoms. The van der Waals surface area contributed by atoms with Crippen LogP contribution in [0.1, 0.15) is 149 Å². The normalized spacial score (nSPS) is 23.2. The van der Waals surface area contributed by atoms with Gasteiger partial charge in [-0.2, -0.15) is 8.42 Å². The van der Waals surface area contributed by atoms with Gasteiger partial charge in [-0.25, -0.2) is 4.18 Å². The Morgan fingerprint density at radius 1 is 0.800 bits per heavy atom. The molecule has 50 heavy (non-hydrogen) atoms. The van der Waals surface area contributed by atoms with Gasteiger partial charge >= 0.3 is 10.4 Å². The highest BCUT2D eigenvalue weighted by molar-refractivity contribution is 7.80. The Balaban J connectivity index is 2.74. The molecule has 1 aliphatic heterocycles. The van der Waals surface area contributed by atoms with E-state index in [9.17, 15) is 38.7 Å². The van der Waals surface area contributed by atoms with Crippen molar-refractivity contribution >= 4 is 16.3 Å². The van der Waals surface area contributed by atoms with Gasteiger partial charge in [0.2, 0.25) is 5.91 Å². The lowest BCUT2D eigenvalue weighted by Crippen LogP contribution is -2.61. The van der Waals surface area contributed by atoms with Gasteiger partial charge in [0.15, 0.2) is 6.29 Å². The van der Waals surface area contributed by atoms with Gasteiger partial charge in [0, 0.05) is 0 Å². The van der Waals surface area contributed by atoms with Crippen LogP contribution >= 0.6 is 0 Å². The summed E-state index contributed by atoms with van der Waals surface area (Å²) >= 11 is 0. The van der Waals surface area contributed by atoms with E-state index in [0.717, 1.165) is 38.5 Å². The lowest BCUT2D eigenvalue weighted by atomic mass is 9.99. The first-order chi connectivity index (χ1) is 23.9. The Kier molecular flexibility index (Phi) is 26.5. The van der Waals surface area contributed by atoms with Gasteiger partial charge in [-0.15, -0.1) is 0 Å². The van der Waals surface area contributed by atoms with Crippen molar-refractivity contribution in [2.75, 3.05) is 13.2 Å². The second-order valence-corrected chi connectivity index (χ2v) is 14.7. The number of hydrogen-bond acceptors (Lipinski definition) is 11. The highest BCUT2D eigenvalue weighted by atomic mass is 32.3. The molecule has 0 saturated carbocycles. The zero-order valence-electron chi connectivity index (χ0n) is 30.6. The van der Waals surface area contributed by atoms with Gasteiger partial charge in [0.25, 0.3) is 0 Å². The number of aliphatic hydroxyl groups excluding tert-OH is 5. The molecule has 0 aromatic rings. The summed E-state index contributed by atoms with van der Waals surface area (Å²) < 4.78 is 47.2. The van der Waals surface area contributed by atoms with E-state index in [2.05, 4.69) is 23.3 Å². The highest BCUT2D eigenvalue weighted by Crippen LogP contribution is 2.26. The minimum absolute atomic E-state index is 0.245. The van der Waals surface area contributed by atoms with Crippen LogP contribution in [0.2, 0.25) is 0 Å². The van der Waals surface area contributed by atoms with Crippen LogP contribution in [0, 0.1) is 0 Å².